The molecule has 0 saturated carbocycles. The van der Waals surface area contributed by atoms with Crippen LogP contribution in [0.3, 0.4) is 0 Å². The van der Waals surface area contributed by atoms with Crippen LogP contribution in [0.5, 0.6) is 0 Å². The number of hydrogen-bond acceptors (Lipinski definition) is 3. The molecule has 5 heteroatoms. The van der Waals surface area contributed by atoms with Crippen molar-refractivity contribution in [2.24, 2.45) is 11.5 Å². The molecule has 18 heavy (non-hydrogen) atoms. The molecule has 1 amide bonds. The third-order valence-electron chi connectivity index (χ3n) is 2.86. The van der Waals surface area contributed by atoms with Gasteiger partial charge in [0.1, 0.15) is 0 Å². The molecule has 0 fully saturated rings. The summed E-state index contributed by atoms with van der Waals surface area (Å²) in [6.07, 6.45) is 1.46. The molecule has 5 N–H and O–H groups in total. The van der Waals surface area contributed by atoms with Gasteiger partial charge >= 0.3 is 0 Å². The van der Waals surface area contributed by atoms with Gasteiger partial charge in [0.25, 0.3) is 0 Å². The van der Waals surface area contributed by atoms with E-state index in [0.29, 0.717) is 13.0 Å². The highest BCUT2D eigenvalue weighted by molar-refractivity contribution is 9.10. The van der Waals surface area contributed by atoms with Crippen LogP contribution < -0.4 is 16.8 Å². The van der Waals surface area contributed by atoms with Crippen molar-refractivity contribution >= 4 is 21.8 Å². The number of carbonyl (C=O) groups excluding carboxylic acids is 1. The summed E-state index contributed by atoms with van der Waals surface area (Å²) in [5.41, 5.74) is 12.0. The average molecular weight is 314 g/mol. The molecular formula is C13H20BrN3O. The SMILES string of the molecule is CC(N[C@@H](CCCN)C(N)=O)c1ccc(Br)cc1. The standard InChI is InChI=1S/C13H20BrN3O/c1-9(10-4-6-11(14)7-5-10)17-12(13(16)18)3-2-8-15/h4-7,9,12,17H,2-3,8,15H2,1H3,(H2,16,18)/t9?,12-/m0/s1. The van der Waals surface area contributed by atoms with E-state index in [4.69, 9.17) is 11.5 Å². The quantitative estimate of drug-likeness (QED) is 0.716. The maximum absolute atomic E-state index is 11.3. The van der Waals surface area contributed by atoms with Crippen LogP contribution in [0, 0.1) is 0 Å². The lowest BCUT2D eigenvalue weighted by Crippen LogP contribution is -2.42. The van der Waals surface area contributed by atoms with Crippen LogP contribution in [-0.2, 0) is 4.79 Å². The van der Waals surface area contributed by atoms with Gasteiger partial charge < -0.3 is 11.5 Å². The summed E-state index contributed by atoms with van der Waals surface area (Å²) < 4.78 is 1.04. The van der Waals surface area contributed by atoms with Gasteiger partial charge in [0, 0.05) is 10.5 Å². The van der Waals surface area contributed by atoms with E-state index in [1.165, 1.54) is 0 Å². The lowest BCUT2D eigenvalue weighted by Gasteiger charge is -2.21. The Morgan fingerprint density at radius 1 is 1.39 bits per heavy atom. The summed E-state index contributed by atoms with van der Waals surface area (Å²) in [6.45, 7) is 2.58. The minimum atomic E-state index is -0.327. The number of primary amides is 1. The van der Waals surface area contributed by atoms with Gasteiger partial charge in [0.05, 0.1) is 6.04 Å². The van der Waals surface area contributed by atoms with Crippen molar-refractivity contribution < 1.29 is 4.79 Å². The highest BCUT2D eigenvalue weighted by atomic mass is 79.9. The van der Waals surface area contributed by atoms with E-state index in [2.05, 4.69) is 21.2 Å². The molecule has 100 valence electrons. The van der Waals surface area contributed by atoms with Crippen molar-refractivity contribution in [3.8, 4) is 0 Å². The first-order valence-electron chi connectivity index (χ1n) is 6.05. The van der Waals surface area contributed by atoms with E-state index in [-0.39, 0.29) is 18.0 Å². The number of amides is 1. The molecule has 1 aromatic rings. The molecule has 1 rings (SSSR count). The summed E-state index contributed by atoms with van der Waals surface area (Å²) in [6, 6.07) is 7.74. The Kier molecular flexibility index (Phi) is 6.32. The topological polar surface area (TPSA) is 81.1 Å². The van der Waals surface area contributed by atoms with Crippen molar-refractivity contribution in [1.29, 1.82) is 0 Å². The summed E-state index contributed by atoms with van der Waals surface area (Å²) in [4.78, 5) is 11.3. The molecule has 0 saturated heterocycles. The minimum absolute atomic E-state index is 0.0772. The zero-order valence-electron chi connectivity index (χ0n) is 10.5. The maximum atomic E-state index is 11.3. The van der Waals surface area contributed by atoms with Crippen molar-refractivity contribution in [1.82, 2.24) is 5.32 Å². The van der Waals surface area contributed by atoms with Crippen molar-refractivity contribution in [2.45, 2.75) is 31.8 Å². The normalized spacial score (nSPS) is 14.2. The molecule has 1 unspecified atom stereocenters. The summed E-state index contributed by atoms with van der Waals surface area (Å²) >= 11 is 3.39. The van der Waals surface area contributed by atoms with Gasteiger partial charge in [0.15, 0.2) is 0 Å². The number of halogens is 1. The first-order valence-corrected chi connectivity index (χ1v) is 6.84. The highest BCUT2D eigenvalue weighted by Crippen LogP contribution is 2.17. The Labute approximate surface area is 116 Å². The van der Waals surface area contributed by atoms with Crippen molar-refractivity contribution in [3.63, 3.8) is 0 Å². The molecule has 0 bridgehead atoms. The molecule has 0 aliphatic rings. The molecule has 0 spiro atoms. The summed E-state index contributed by atoms with van der Waals surface area (Å²) in [5.74, 6) is -0.326. The van der Waals surface area contributed by atoms with Crippen LogP contribution >= 0.6 is 15.9 Å². The van der Waals surface area contributed by atoms with E-state index in [1.807, 2.05) is 31.2 Å². The van der Waals surface area contributed by atoms with Crippen LogP contribution in [0.15, 0.2) is 28.7 Å². The Bertz CT molecular complexity index is 380. The van der Waals surface area contributed by atoms with Crippen LogP contribution in [0.25, 0.3) is 0 Å². The zero-order chi connectivity index (χ0) is 13.5. The maximum Gasteiger partial charge on any atom is 0.234 e. The van der Waals surface area contributed by atoms with E-state index in [9.17, 15) is 4.79 Å². The van der Waals surface area contributed by atoms with Gasteiger partial charge in [0.2, 0.25) is 5.91 Å². The molecular weight excluding hydrogens is 294 g/mol. The highest BCUT2D eigenvalue weighted by Gasteiger charge is 2.17. The van der Waals surface area contributed by atoms with Gasteiger partial charge in [-0.2, -0.15) is 0 Å². The molecule has 4 nitrogen and oxygen atoms in total. The van der Waals surface area contributed by atoms with Gasteiger partial charge in [-0.3, -0.25) is 10.1 Å². The predicted octanol–water partition coefficient (Wildman–Crippen LogP) is 1.69. The van der Waals surface area contributed by atoms with Crippen LogP contribution in [0.4, 0.5) is 0 Å². The van der Waals surface area contributed by atoms with E-state index >= 15 is 0 Å². The summed E-state index contributed by atoms with van der Waals surface area (Å²) in [7, 11) is 0. The Morgan fingerprint density at radius 3 is 2.50 bits per heavy atom. The second-order valence-corrected chi connectivity index (χ2v) is 5.24. The van der Waals surface area contributed by atoms with E-state index < -0.39 is 0 Å². The second-order valence-electron chi connectivity index (χ2n) is 4.33. The van der Waals surface area contributed by atoms with Crippen LogP contribution in [-0.4, -0.2) is 18.5 Å². The Hall–Kier alpha value is -0.910. The Balaban J connectivity index is 2.62. The molecule has 0 aliphatic carbocycles. The molecule has 2 atom stereocenters. The summed E-state index contributed by atoms with van der Waals surface area (Å²) in [5, 5.41) is 3.24. The third kappa shape index (κ3) is 4.76. The van der Waals surface area contributed by atoms with Gasteiger partial charge in [-0.05, 0) is 44.0 Å². The lowest BCUT2D eigenvalue weighted by molar-refractivity contribution is -0.120. The second kappa shape index (κ2) is 7.51. The number of carbonyl (C=O) groups is 1. The molecule has 0 radical (unpaired) electrons. The first-order chi connectivity index (χ1) is 8.54. The molecule has 1 aromatic carbocycles. The van der Waals surface area contributed by atoms with Gasteiger partial charge in [-0.1, -0.05) is 28.1 Å². The number of rotatable bonds is 7. The average Bonchev–Trinajstić information content (AvgIpc) is 2.34. The molecule has 0 aromatic heterocycles. The zero-order valence-corrected chi connectivity index (χ0v) is 12.1. The first kappa shape index (κ1) is 15.1. The van der Waals surface area contributed by atoms with Crippen LogP contribution in [0.1, 0.15) is 31.4 Å². The molecule has 0 aliphatic heterocycles. The van der Waals surface area contributed by atoms with E-state index in [1.54, 1.807) is 0 Å². The fraction of sp³-hybridized carbons (Fsp3) is 0.462. The minimum Gasteiger partial charge on any atom is -0.368 e. The van der Waals surface area contributed by atoms with Crippen molar-refractivity contribution in [2.75, 3.05) is 6.54 Å². The third-order valence-corrected chi connectivity index (χ3v) is 3.39. The predicted molar refractivity (Wildman–Crippen MR) is 77.0 cm³/mol. The fourth-order valence-corrected chi connectivity index (χ4v) is 2.04. The van der Waals surface area contributed by atoms with Gasteiger partial charge in [-0.25, -0.2) is 0 Å². The fourth-order valence-electron chi connectivity index (χ4n) is 1.78. The number of nitrogens with one attached hydrogen (secondary N) is 1. The smallest absolute Gasteiger partial charge is 0.234 e. The molecule has 0 heterocycles. The number of nitrogens with two attached hydrogens (primary N) is 2. The largest absolute Gasteiger partial charge is 0.368 e. The number of benzene rings is 1. The van der Waals surface area contributed by atoms with E-state index in [0.717, 1.165) is 16.5 Å². The van der Waals surface area contributed by atoms with Crippen molar-refractivity contribution in [3.05, 3.63) is 34.3 Å². The van der Waals surface area contributed by atoms with Gasteiger partial charge in [-0.15, -0.1) is 0 Å². The lowest BCUT2D eigenvalue weighted by atomic mass is 10.1. The van der Waals surface area contributed by atoms with Crippen LogP contribution in [0.2, 0.25) is 0 Å². The Morgan fingerprint density at radius 2 is 2.00 bits per heavy atom. The number of hydrogen-bond donors (Lipinski definition) is 3. The monoisotopic (exact) mass is 313 g/mol.